The van der Waals surface area contributed by atoms with Gasteiger partial charge in [0.1, 0.15) is 0 Å². The molecule has 0 spiro atoms. The number of rotatable bonds is 3. The average Bonchev–Trinajstić information content (AvgIpc) is 2.72. The molecule has 1 aliphatic heterocycles. The molecule has 0 saturated heterocycles. The molecule has 0 saturated carbocycles. The number of thioether (sulfide) groups is 1. The van der Waals surface area contributed by atoms with Crippen LogP contribution in [0.5, 0.6) is 0 Å². The Morgan fingerprint density at radius 2 is 2.21 bits per heavy atom. The number of hydrogen-bond acceptors (Lipinski definition) is 3. The van der Waals surface area contributed by atoms with Crippen molar-refractivity contribution in [3.05, 3.63) is 34.3 Å². The van der Waals surface area contributed by atoms with E-state index in [1.807, 2.05) is 17.8 Å². The molecule has 1 aliphatic rings. The number of aliphatic imine (C=N–C) groups is 1. The zero-order chi connectivity index (χ0) is 13.9. The highest BCUT2D eigenvalue weighted by atomic mass is 79.9. The molecule has 1 N–H and O–H groups in total. The molecule has 0 radical (unpaired) electrons. The summed E-state index contributed by atoms with van der Waals surface area (Å²) in [7, 11) is 0. The van der Waals surface area contributed by atoms with Gasteiger partial charge in [-0.2, -0.15) is 0 Å². The van der Waals surface area contributed by atoms with Crippen LogP contribution in [-0.4, -0.2) is 17.0 Å². The summed E-state index contributed by atoms with van der Waals surface area (Å²) in [5.74, 6) is 0. The van der Waals surface area contributed by atoms with Gasteiger partial charge in [0.2, 0.25) is 0 Å². The molecule has 19 heavy (non-hydrogen) atoms. The third-order valence-corrected chi connectivity index (χ3v) is 4.53. The van der Waals surface area contributed by atoms with Crippen LogP contribution in [0.2, 0.25) is 0 Å². The maximum absolute atomic E-state index is 4.60. The molecule has 2 rings (SSSR count). The summed E-state index contributed by atoms with van der Waals surface area (Å²) in [5, 5.41) is 5.15. The first-order chi connectivity index (χ1) is 8.92. The van der Waals surface area contributed by atoms with E-state index in [9.17, 15) is 0 Å². The molecule has 1 aromatic carbocycles. The molecule has 1 aromatic rings. The van der Waals surface area contributed by atoms with Crippen molar-refractivity contribution in [3.63, 3.8) is 0 Å². The van der Waals surface area contributed by atoms with Gasteiger partial charge >= 0.3 is 0 Å². The van der Waals surface area contributed by atoms with Crippen LogP contribution in [0, 0.1) is 5.41 Å². The topological polar surface area (TPSA) is 24.4 Å². The van der Waals surface area contributed by atoms with Crippen LogP contribution in [0.3, 0.4) is 0 Å². The van der Waals surface area contributed by atoms with Gasteiger partial charge in [-0.25, -0.2) is 0 Å². The maximum Gasteiger partial charge on any atom is 0.157 e. The van der Waals surface area contributed by atoms with Gasteiger partial charge in [-0.15, -0.1) is 0 Å². The SMILES string of the molecule is CC(C)(C)CC1CN=C(NCc2cccc(Br)c2)S1. The van der Waals surface area contributed by atoms with E-state index in [-0.39, 0.29) is 0 Å². The van der Waals surface area contributed by atoms with Crippen molar-refractivity contribution in [2.24, 2.45) is 10.4 Å². The van der Waals surface area contributed by atoms with Crippen molar-refractivity contribution in [2.75, 3.05) is 6.54 Å². The highest BCUT2D eigenvalue weighted by Crippen LogP contribution is 2.31. The van der Waals surface area contributed by atoms with E-state index < -0.39 is 0 Å². The Hall–Kier alpha value is -0.480. The Morgan fingerprint density at radius 3 is 2.89 bits per heavy atom. The van der Waals surface area contributed by atoms with Gasteiger partial charge in [0.15, 0.2) is 5.17 Å². The third-order valence-electron chi connectivity index (χ3n) is 2.89. The minimum Gasteiger partial charge on any atom is -0.361 e. The van der Waals surface area contributed by atoms with Crippen LogP contribution < -0.4 is 5.32 Å². The molecule has 1 heterocycles. The Morgan fingerprint density at radius 1 is 1.42 bits per heavy atom. The van der Waals surface area contributed by atoms with E-state index in [0.29, 0.717) is 10.7 Å². The molecule has 0 aliphatic carbocycles. The monoisotopic (exact) mass is 340 g/mol. The third kappa shape index (κ3) is 5.19. The molecule has 0 aromatic heterocycles. The predicted octanol–water partition coefficient (Wildman–Crippen LogP) is 4.45. The highest BCUT2D eigenvalue weighted by Gasteiger charge is 2.24. The standard InChI is InChI=1S/C15H21BrN2S/c1-15(2,3)8-13-10-18-14(19-13)17-9-11-5-4-6-12(16)7-11/h4-7,13H,8-10H2,1-3H3,(H,17,18). The second-order valence-electron chi connectivity index (χ2n) is 6.13. The minimum absolute atomic E-state index is 0.382. The highest BCUT2D eigenvalue weighted by molar-refractivity contribution is 9.10. The van der Waals surface area contributed by atoms with Gasteiger partial charge < -0.3 is 5.32 Å². The average molecular weight is 341 g/mol. The van der Waals surface area contributed by atoms with Gasteiger partial charge in [-0.1, -0.05) is 60.6 Å². The first-order valence-electron chi connectivity index (χ1n) is 6.62. The van der Waals surface area contributed by atoms with E-state index in [1.165, 1.54) is 12.0 Å². The van der Waals surface area contributed by atoms with Crippen molar-refractivity contribution >= 4 is 32.9 Å². The number of nitrogens with zero attached hydrogens (tertiary/aromatic N) is 1. The number of benzene rings is 1. The molecule has 0 bridgehead atoms. The summed E-state index contributed by atoms with van der Waals surface area (Å²) in [6.07, 6.45) is 1.21. The quantitative estimate of drug-likeness (QED) is 0.879. The van der Waals surface area contributed by atoms with Crippen LogP contribution in [0.15, 0.2) is 33.7 Å². The Bertz CT molecular complexity index is 465. The van der Waals surface area contributed by atoms with E-state index in [0.717, 1.165) is 22.7 Å². The van der Waals surface area contributed by atoms with Gasteiger partial charge in [0.25, 0.3) is 0 Å². The van der Waals surface area contributed by atoms with Crippen molar-refractivity contribution in [3.8, 4) is 0 Å². The molecule has 0 fully saturated rings. The summed E-state index contributed by atoms with van der Waals surface area (Å²) in [6, 6.07) is 8.38. The predicted molar refractivity (Wildman–Crippen MR) is 88.7 cm³/mol. The smallest absolute Gasteiger partial charge is 0.157 e. The van der Waals surface area contributed by atoms with E-state index in [1.54, 1.807) is 0 Å². The Kier molecular flexibility index (Phi) is 4.96. The van der Waals surface area contributed by atoms with E-state index in [2.05, 4.69) is 65.2 Å². The van der Waals surface area contributed by atoms with Crippen LogP contribution >= 0.6 is 27.7 Å². The van der Waals surface area contributed by atoms with Crippen molar-refractivity contribution in [2.45, 2.75) is 39.0 Å². The first-order valence-corrected chi connectivity index (χ1v) is 8.29. The number of halogens is 1. The zero-order valence-electron chi connectivity index (χ0n) is 11.7. The molecular weight excluding hydrogens is 320 g/mol. The van der Waals surface area contributed by atoms with Crippen molar-refractivity contribution < 1.29 is 0 Å². The van der Waals surface area contributed by atoms with Crippen LogP contribution in [0.1, 0.15) is 32.8 Å². The fourth-order valence-corrected chi connectivity index (χ4v) is 3.93. The van der Waals surface area contributed by atoms with Gasteiger partial charge in [-0.05, 0) is 29.5 Å². The minimum atomic E-state index is 0.382. The van der Waals surface area contributed by atoms with Crippen molar-refractivity contribution in [1.29, 1.82) is 0 Å². The lowest BCUT2D eigenvalue weighted by atomic mass is 9.90. The van der Waals surface area contributed by atoms with E-state index >= 15 is 0 Å². The summed E-state index contributed by atoms with van der Waals surface area (Å²) < 4.78 is 1.12. The first kappa shape index (κ1) is 14.9. The Balaban J connectivity index is 1.79. The molecule has 1 atom stereocenters. The molecule has 0 amide bonds. The largest absolute Gasteiger partial charge is 0.361 e. The summed E-state index contributed by atoms with van der Waals surface area (Å²) in [5.41, 5.74) is 1.66. The van der Waals surface area contributed by atoms with Gasteiger partial charge in [-0.3, -0.25) is 4.99 Å². The normalized spacial score (nSPS) is 19.4. The Labute approximate surface area is 128 Å². The second kappa shape index (κ2) is 6.31. The fourth-order valence-electron chi connectivity index (χ4n) is 2.13. The maximum atomic E-state index is 4.60. The van der Waals surface area contributed by atoms with Gasteiger partial charge in [0, 0.05) is 16.3 Å². The molecule has 2 nitrogen and oxygen atoms in total. The molecule has 104 valence electrons. The van der Waals surface area contributed by atoms with Gasteiger partial charge in [0.05, 0.1) is 6.54 Å². The second-order valence-corrected chi connectivity index (χ2v) is 8.34. The zero-order valence-corrected chi connectivity index (χ0v) is 14.1. The molecule has 4 heteroatoms. The van der Waals surface area contributed by atoms with E-state index in [4.69, 9.17) is 0 Å². The summed E-state index contributed by atoms with van der Waals surface area (Å²) in [4.78, 5) is 4.60. The fraction of sp³-hybridized carbons (Fsp3) is 0.533. The summed E-state index contributed by atoms with van der Waals surface area (Å²) in [6.45, 7) is 8.66. The lowest BCUT2D eigenvalue weighted by Crippen LogP contribution is -2.20. The lowest BCUT2D eigenvalue weighted by molar-refractivity contribution is 0.375. The number of amidine groups is 1. The van der Waals surface area contributed by atoms with Crippen LogP contribution in [-0.2, 0) is 6.54 Å². The number of hydrogen-bond donors (Lipinski definition) is 1. The van der Waals surface area contributed by atoms with Crippen LogP contribution in [0.25, 0.3) is 0 Å². The molecule has 1 unspecified atom stereocenters. The van der Waals surface area contributed by atoms with Crippen LogP contribution in [0.4, 0.5) is 0 Å². The lowest BCUT2D eigenvalue weighted by Gasteiger charge is -2.21. The molecular formula is C15H21BrN2S. The number of nitrogens with one attached hydrogen (secondary N) is 1. The van der Waals surface area contributed by atoms with Crippen molar-refractivity contribution in [1.82, 2.24) is 5.32 Å². The summed E-state index contributed by atoms with van der Waals surface area (Å²) >= 11 is 5.38.